The van der Waals surface area contributed by atoms with Crippen LogP contribution in [-0.2, 0) is 4.79 Å². The zero-order valence-electron chi connectivity index (χ0n) is 15.0. The van der Waals surface area contributed by atoms with Gasteiger partial charge in [0.05, 0.1) is 12.6 Å². The Kier molecular flexibility index (Phi) is 7.98. The lowest BCUT2D eigenvalue weighted by atomic mass is 9.91. The monoisotopic (exact) mass is 368 g/mol. The van der Waals surface area contributed by atoms with Crippen LogP contribution >= 0.6 is 7.72 Å². The van der Waals surface area contributed by atoms with E-state index in [4.69, 9.17) is 0 Å². The van der Waals surface area contributed by atoms with Crippen LogP contribution in [0, 0.1) is 5.92 Å². The zero-order chi connectivity index (χ0) is 18.3. The second-order valence-electron chi connectivity index (χ2n) is 7.29. The van der Waals surface area contributed by atoms with Gasteiger partial charge in [-0.2, -0.15) is 0 Å². The number of aliphatic hydroxyl groups excluding tert-OH is 1. The second kappa shape index (κ2) is 9.75. The number of benzene rings is 1. The van der Waals surface area contributed by atoms with Crippen LogP contribution in [0.4, 0.5) is 0 Å². The Bertz CT molecular complexity index is 531. The average molecular weight is 368 g/mol. The molecule has 25 heavy (non-hydrogen) atoms. The molecule has 0 unspecified atom stereocenters. The molecule has 1 aliphatic rings. The average Bonchev–Trinajstić information content (AvgIpc) is 2.59. The van der Waals surface area contributed by atoms with E-state index in [2.05, 4.69) is 5.32 Å². The van der Waals surface area contributed by atoms with Crippen molar-refractivity contribution < 1.29 is 19.7 Å². The first kappa shape index (κ1) is 20.5. The standard InChI is InChI=1S/C19H31NO4P/c1-15(19(22)17-10-6-3-7-11-17)20-12-18(21)14-25(23,24)13-16-8-4-2-5-9-16/h3,6-7,10-11,15-16,19-20,22-24H,2,4-5,8-9,12-14H2,1H3/q+1/t15-,19+/m1/s1. The molecule has 0 amide bonds. The summed E-state index contributed by atoms with van der Waals surface area (Å²) in [6.45, 7) is 1.85. The Balaban J connectivity index is 1.75. The molecule has 1 fully saturated rings. The highest BCUT2D eigenvalue weighted by molar-refractivity contribution is 7.65. The molecule has 2 rings (SSSR count). The molecule has 140 valence electrons. The van der Waals surface area contributed by atoms with Crippen LogP contribution in [0.1, 0.15) is 50.7 Å². The fourth-order valence-corrected chi connectivity index (χ4v) is 5.51. The van der Waals surface area contributed by atoms with E-state index >= 15 is 0 Å². The van der Waals surface area contributed by atoms with E-state index in [9.17, 15) is 19.7 Å². The maximum absolute atomic E-state index is 12.1. The van der Waals surface area contributed by atoms with Gasteiger partial charge in [0.25, 0.3) is 7.72 Å². The van der Waals surface area contributed by atoms with E-state index in [-0.39, 0.29) is 24.5 Å². The van der Waals surface area contributed by atoms with Gasteiger partial charge in [-0.05, 0) is 31.2 Å². The number of aliphatic hydroxyl groups is 1. The van der Waals surface area contributed by atoms with Crippen molar-refractivity contribution in [3.8, 4) is 0 Å². The van der Waals surface area contributed by atoms with E-state index < -0.39 is 13.8 Å². The summed E-state index contributed by atoms with van der Waals surface area (Å²) in [7, 11) is -3.16. The maximum atomic E-state index is 12.1. The molecular weight excluding hydrogens is 337 g/mol. The summed E-state index contributed by atoms with van der Waals surface area (Å²) in [5, 5.41) is 13.3. The lowest BCUT2D eigenvalue weighted by molar-refractivity contribution is -0.116. The van der Waals surface area contributed by atoms with Gasteiger partial charge in [-0.25, -0.2) is 9.79 Å². The minimum atomic E-state index is -3.16. The second-order valence-corrected chi connectivity index (χ2v) is 9.73. The Morgan fingerprint density at radius 2 is 1.84 bits per heavy atom. The highest BCUT2D eigenvalue weighted by atomic mass is 31.2. The summed E-state index contributed by atoms with van der Waals surface area (Å²) in [4.78, 5) is 32.6. The number of rotatable bonds is 9. The van der Waals surface area contributed by atoms with Gasteiger partial charge in [0.1, 0.15) is 6.16 Å². The first-order valence-corrected chi connectivity index (χ1v) is 11.2. The van der Waals surface area contributed by atoms with Gasteiger partial charge in [0, 0.05) is 6.04 Å². The van der Waals surface area contributed by atoms with Crippen molar-refractivity contribution >= 4 is 13.5 Å². The predicted octanol–water partition coefficient (Wildman–Crippen LogP) is 2.68. The molecule has 2 atom stereocenters. The van der Waals surface area contributed by atoms with Crippen LogP contribution in [0.2, 0.25) is 0 Å². The number of carbonyl (C=O) groups is 1. The summed E-state index contributed by atoms with van der Waals surface area (Å²) in [5.74, 6) is 0.137. The van der Waals surface area contributed by atoms with E-state index in [1.165, 1.54) is 6.42 Å². The van der Waals surface area contributed by atoms with E-state index in [0.717, 1.165) is 31.2 Å². The van der Waals surface area contributed by atoms with Gasteiger partial charge in [-0.3, -0.25) is 4.79 Å². The fraction of sp³-hybridized carbons (Fsp3) is 0.632. The van der Waals surface area contributed by atoms with Gasteiger partial charge in [0.2, 0.25) is 0 Å². The smallest absolute Gasteiger partial charge is 0.275 e. The molecular formula is C19H31NO4P+. The van der Waals surface area contributed by atoms with Crippen molar-refractivity contribution in [2.45, 2.75) is 51.2 Å². The van der Waals surface area contributed by atoms with Crippen molar-refractivity contribution in [1.82, 2.24) is 5.32 Å². The van der Waals surface area contributed by atoms with Gasteiger partial charge in [-0.15, -0.1) is 0 Å². The van der Waals surface area contributed by atoms with Crippen molar-refractivity contribution in [1.29, 1.82) is 0 Å². The highest BCUT2D eigenvalue weighted by Crippen LogP contribution is 2.52. The molecule has 0 saturated heterocycles. The molecule has 5 nitrogen and oxygen atoms in total. The summed E-state index contributed by atoms with van der Waals surface area (Å²) in [6, 6.07) is 8.99. The molecule has 1 saturated carbocycles. The van der Waals surface area contributed by atoms with E-state index in [1.54, 1.807) is 0 Å². The van der Waals surface area contributed by atoms with Crippen molar-refractivity contribution in [2.24, 2.45) is 5.92 Å². The molecule has 4 N–H and O–H groups in total. The van der Waals surface area contributed by atoms with Crippen LogP contribution in [0.3, 0.4) is 0 Å². The quantitative estimate of drug-likeness (QED) is 0.503. The normalized spacial score (nSPS) is 18.7. The third kappa shape index (κ3) is 7.12. The molecule has 0 aromatic heterocycles. The Morgan fingerprint density at radius 3 is 2.48 bits per heavy atom. The molecule has 0 bridgehead atoms. The van der Waals surface area contributed by atoms with Crippen LogP contribution in [0.5, 0.6) is 0 Å². The number of nitrogens with one attached hydrogen (secondary N) is 1. The van der Waals surface area contributed by atoms with Crippen LogP contribution in [-0.4, -0.2) is 45.6 Å². The Labute approximate surface area is 151 Å². The predicted molar refractivity (Wildman–Crippen MR) is 102 cm³/mol. The number of hydrogen-bond acceptors (Lipinski definition) is 5. The molecule has 0 spiro atoms. The van der Waals surface area contributed by atoms with Gasteiger partial charge < -0.3 is 10.4 Å². The SMILES string of the molecule is C[C@@H](NCC(=O)C[P+](O)(O)CC1CCCCC1)[C@H](O)c1ccccc1. The van der Waals surface area contributed by atoms with Gasteiger partial charge in [0.15, 0.2) is 11.9 Å². The van der Waals surface area contributed by atoms with Crippen molar-refractivity contribution in [2.75, 3.05) is 18.9 Å². The van der Waals surface area contributed by atoms with E-state index in [1.807, 2.05) is 37.3 Å². The topological polar surface area (TPSA) is 89.8 Å². The number of carbonyl (C=O) groups excluding carboxylic acids is 1. The third-order valence-corrected chi connectivity index (χ3v) is 6.90. The van der Waals surface area contributed by atoms with Crippen molar-refractivity contribution in [3.63, 3.8) is 0 Å². The lowest BCUT2D eigenvalue weighted by Crippen LogP contribution is -2.37. The van der Waals surface area contributed by atoms with Crippen LogP contribution < -0.4 is 5.32 Å². The van der Waals surface area contributed by atoms with Gasteiger partial charge >= 0.3 is 0 Å². The Hall–Kier alpha value is -0.840. The molecule has 1 aromatic carbocycles. The number of ketones is 1. The lowest BCUT2D eigenvalue weighted by Gasteiger charge is -2.24. The number of hydrogen-bond donors (Lipinski definition) is 4. The third-order valence-electron chi connectivity index (χ3n) is 4.94. The fourth-order valence-electron chi connectivity index (χ4n) is 3.51. The van der Waals surface area contributed by atoms with Crippen molar-refractivity contribution in [3.05, 3.63) is 35.9 Å². The first-order valence-electron chi connectivity index (χ1n) is 9.18. The molecule has 1 aliphatic carbocycles. The molecule has 0 radical (unpaired) electrons. The minimum absolute atomic E-state index is 0.0403. The summed E-state index contributed by atoms with van der Waals surface area (Å²) >= 11 is 0. The zero-order valence-corrected chi connectivity index (χ0v) is 15.9. The Morgan fingerprint density at radius 1 is 1.20 bits per heavy atom. The molecule has 0 heterocycles. The summed E-state index contributed by atoms with van der Waals surface area (Å²) in [5.41, 5.74) is 0.790. The minimum Gasteiger partial charge on any atom is -0.387 e. The first-order chi connectivity index (χ1) is 11.9. The van der Waals surface area contributed by atoms with Crippen LogP contribution in [0.15, 0.2) is 30.3 Å². The number of Topliss-reactive ketones (excluding diaryl/α,β-unsaturated/α-hetero) is 1. The van der Waals surface area contributed by atoms with Gasteiger partial charge in [-0.1, -0.05) is 49.6 Å². The molecule has 1 aromatic rings. The summed E-state index contributed by atoms with van der Waals surface area (Å²) in [6.07, 6.45) is 5.10. The van der Waals surface area contributed by atoms with E-state index in [0.29, 0.717) is 12.1 Å². The summed E-state index contributed by atoms with van der Waals surface area (Å²) < 4.78 is 0. The highest BCUT2D eigenvalue weighted by Gasteiger charge is 2.39. The molecule has 0 aliphatic heterocycles. The largest absolute Gasteiger partial charge is 0.387 e. The maximum Gasteiger partial charge on any atom is 0.275 e. The molecule has 6 heteroatoms. The van der Waals surface area contributed by atoms with Crippen LogP contribution in [0.25, 0.3) is 0 Å².